The van der Waals surface area contributed by atoms with Gasteiger partial charge in [0.15, 0.2) is 5.00 Å². The van der Waals surface area contributed by atoms with Crippen LogP contribution in [0.1, 0.15) is 9.67 Å². The summed E-state index contributed by atoms with van der Waals surface area (Å²) in [7, 11) is 0. The van der Waals surface area contributed by atoms with Crippen molar-refractivity contribution in [2.75, 3.05) is 5.73 Å². The predicted molar refractivity (Wildman–Crippen MR) is 43.9 cm³/mol. The van der Waals surface area contributed by atoms with Crippen molar-refractivity contribution < 1.29 is 9.72 Å². The van der Waals surface area contributed by atoms with E-state index in [1.54, 1.807) is 0 Å². The fraction of sp³-hybridized carbons (Fsp3) is 0. The van der Waals surface area contributed by atoms with Gasteiger partial charge in [-0.1, -0.05) is 0 Å². The van der Waals surface area contributed by atoms with E-state index in [2.05, 4.69) is 0 Å². The minimum Gasteiger partial charge on any atom is -0.385 e. The molecule has 0 aromatic carbocycles. The van der Waals surface area contributed by atoms with Crippen LogP contribution in [0.4, 0.5) is 10.7 Å². The van der Waals surface area contributed by atoms with Gasteiger partial charge in [-0.25, -0.2) is 0 Å². The molecule has 1 heterocycles. The van der Waals surface area contributed by atoms with E-state index in [0.29, 0.717) is 0 Å². The lowest BCUT2D eigenvalue weighted by molar-refractivity contribution is -0.383. The van der Waals surface area contributed by atoms with Gasteiger partial charge in [0.1, 0.15) is 4.88 Å². The van der Waals surface area contributed by atoms with Gasteiger partial charge in [-0.15, -0.1) is 11.3 Å². The highest BCUT2D eigenvalue weighted by Gasteiger charge is 2.18. The van der Waals surface area contributed by atoms with Crippen LogP contribution < -0.4 is 11.5 Å². The molecule has 1 aromatic rings. The number of primary amides is 1. The molecule has 4 N–H and O–H groups in total. The molecule has 0 saturated carbocycles. The van der Waals surface area contributed by atoms with Crippen LogP contribution in [0.3, 0.4) is 0 Å². The first-order valence-corrected chi connectivity index (χ1v) is 3.67. The van der Waals surface area contributed by atoms with Gasteiger partial charge in [-0.3, -0.25) is 14.9 Å². The zero-order valence-corrected chi connectivity index (χ0v) is 6.63. The second kappa shape index (κ2) is 2.78. The Morgan fingerprint density at radius 2 is 2.25 bits per heavy atom. The van der Waals surface area contributed by atoms with Crippen LogP contribution in [0.5, 0.6) is 0 Å². The average Bonchev–Trinajstić information content (AvgIpc) is 2.30. The average molecular weight is 187 g/mol. The van der Waals surface area contributed by atoms with E-state index in [0.717, 1.165) is 17.4 Å². The third-order valence-corrected chi connectivity index (χ3v) is 2.15. The van der Waals surface area contributed by atoms with E-state index >= 15 is 0 Å². The van der Waals surface area contributed by atoms with Crippen molar-refractivity contribution >= 4 is 27.9 Å². The lowest BCUT2D eigenvalue weighted by atomic mass is 10.4. The number of hydrogen-bond donors (Lipinski definition) is 2. The number of nitrogen functional groups attached to an aromatic ring is 1. The Morgan fingerprint density at radius 3 is 2.50 bits per heavy atom. The Bertz CT molecular complexity index is 346. The normalized spacial score (nSPS) is 9.67. The van der Waals surface area contributed by atoms with Crippen LogP contribution in [-0.2, 0) is 0 Å². The van der Waals surface area contributed by atoms with Crippen LogP contribution in [0.15, 0.2) is 6.07 Å². The minimum atomic E-state index is -0.709. The molecule has 0 bridgehead atoms. The lowest BCUT2D eigenvalue weighted by Crippen LogP contribution is -2.08. The first-order chi connectivity index (χ1) is 5.52. The van der Waals surface area contributed by atoms with Gasteiger partial charge < -0.3 is 11.5 Å². The van der Waals surface area contributed by atoms with Gasteiger partial charge in [0.2, 0.25) is 0 Å². The highest BCUT2D eigenvalue weighted by Crippen LogP contribution is 2.30. The number of carbonyl (C=O) groups is 1. The molecule has 1 rings (SSSR count). The Hall–Kier alpha value is -1.63. The van der Waals surface area contributed by atoms with Crippen molar-refractivity contribution in [3.05, 3.63) is 21.1 Å². The number of amides is 1. The van der Waals surface area contributed by atoms with Crippen molar-refractivity contribution in [3.8, 4) is 0 Å². The number of nitrogens with two attached hydrogens (primary N) is 2. The second-order valence-corrected chi connectivity index (χ2v) is 3.07. The molecule has 0 atom stereocenters. The maximum Gasteiger partial charge on any atom is 0.304 e. The highest BCUT2D eigenvalue weighted by atomic mass is 32.1. The molecule has 0 aliphatic carbocycles. The third-order valence-electron chi connectivity index (χ3n) is 1.18. The maximum atomic E-state index is 10.5. The summed E-state index contributed by atoms with van der Waals surface area (Å²) in [5.41, 5.74) is 9.87. The summed E-state index contributed by atoms with van der Waals surface area (Å²) in [5, 5.41) is 10.2. The number of rotatable bonds is 2. The third kappa shape index (κ3) is 1.35. The Balaban J connectivity index is 3.17. The first kappa shape index (κ1) is 8.47. The van der Waals surface area contributed by atoms with Crippen LogP contribution in [0, 0.1) is 10.1 Å². The molecular formula is C5H5N3O3S. The topological polar surface area (TPSA) is 112 Å². The quantitative estimate of drug-likeness (QED) is 0.513. The molecule has 6 nitrogen and oxygen atoms in total. The first-order valence-electron chi connectivity index (χ1n) is 2.86. The summed E-state index contributed by atoms with van der Waals surface area (Å²) in [5.74, 6) is -0.709. The van der Waals surface area contributed by atoms with Gasteiger partial charge in [0, 0.05) is 6.07 Å². The molecule has 0 unspecified atom stereocenters. The van der Waals surface area contributed by atoms with E-state index in [1.807, 2.05) is 0 Å². The molecule has 0 saturated heterocycles. The monoisotopic (exact) mass is 187 g/mol. The van der Waals surface area contributed by atoms with E-state index in [9.17, 15) is 14.9 Å². The van der Waals surface area contributed by atoms with Crippen molar-refractivity contribution in [2.45, 2.75) is 0 Å². The van der Waals surface area contributed by atoms with Gasteiger partial charge in [-0.05, 0) is 0 Å². The Morgan fingerprint density at radius 1 is 1.67 bits per heavy atom. The summed E-state index contributed by atoms with van der Waals surface area (Å²) in [4.78, 5) is 20.2. The summed E-state index contributed by atoms with van der Waals surface area (Å²) >= 11 is 0.812. The molecule has 64 valence electrons. The molecule has 12 heavy (non-hydrogen) atoms. The standard InChI is InChI=1S/C5H5N3O3S/c6-4(9)3-1-2(8(10)11)5(7)12-3/h1H,7H2,(H2,6,9). The molecule has 1 aromatic heterocycles. The van der Waals surface area contributed by atoms with Gasteiger partial charge in [0.25, 0.3) is 5.91 Å². The van der Waals surface area contributed by atoms with E-state index < -0.39 is 10.8 Å². The summed E-state index contributed by atoms with van der Waals surface area (Å²) in [6.07, 6.45) is 0. The zero-order chi connectivity index (χ0) is 9.30. The smallest absolute Gasteiger partial charge is 0.304 e. The molecule has 0 radical (unpaired) electrons. The Kier molecular flexibility index (Phi) is 1.96. The summed E-state index contributed by atoms with van der Waals surface area (Å²) in [6, 6.07) is 1.07. The molecule has 0 fully saturated rings. The van der Waals surface area contributed by atoms with Crippen LogP contribution in [0.25, 0.3) is 0 Å². The van der Waals surface area contributed by atoms with E-state index in [-0.39, 0.29) is 15.6 Å². The van der Waals surface area contributed by atoms with Gasteiger partial charge in [-0.2, -0.15) is 0 Å². The van der Waals surface area contributed by atoms with Gasteiger partial charge >= 0.3 is 5.69 Å². The molecule has 0 aliphatic rings. The molecule has 0 spiro atoms. The highest BCUT2D eigenvalue weighted by molar-refractivity contribution is 7.18. The minimum absolute atomic E-state index is 0.00574. The van der Waals surface area contributed by atoms with Crippen LogP contribution in [0.2, 0.25) is 0 Å². The zero-order valence-electron chi connectivity index (χ0n) is 5.81. The number of anilines is 1. The molecule has 7 heteroatoms. The van der Waals surface area contributed by atoms with Crippen molar-refractivity contribution in [1.82, 2.24) is 0 Å². The SMILES string of the molecule is NC(=O)c1cc([N+](=O)[O-])c(N)s1. The lowest BCUT2D eigenvalue weighted by Gasteiger charge is -1.83. The molecule has 1 amide bonds. The summed E-state index contributed by atoms with van der Waals surface area (Å²) < 4.78 is 0. The Labute approximate surface area is 70.9 Å². The fourth-order valence-corrected chi connectivity index (χ4v) is 1.41. The molecular weight excluding hydrogens is 182 g/mol. The number of thiophene rings is 1. The number of nitro groups is 1. The van der Waals surface area contributed by atoms with Crippen LogP contribution in [-0.4, -0.2) is 10.8 Å². The summed E-state index contributed by atoms with van der Waals surface area (Å²) in [6.45, 7) is 0. The predicted octanol–water partition coefficient (Wildman–Crippen LogP) is 0.337. The largest absolute Gasteiger partial charge is 0.385 e. The van der Waals surface area contributed by atoms with Crippen molar-refractivity contribution in [1.29, 1.82) is 0 Å². The van der Waals surface area contributed by atoms with Crippen molar-refractivity contribution in [2.24, 2.45) is 5.73 Å². The molecule has 0 aliphatic heterocycles. The van der Waals surface area contributed by atoms with Crippen LogP contribution >= 0.6 is 11.3 Å². The maximum absolute atomic E-state index is 10.5. The fourth-order valence-electron chi connectivity index (χ4n) is 0.660. The van der Waals surface area contributed by atoms with E-state index in [1.165, 1.54) is 0 Å². The van der Waals surface area contributed by atoms with E-state index in [4.69, 9.17) is 11.5 Å². The number of nitrogens with zero attached hydrogens (tertiary/aromatic N) is 1. The van der Waals surface area contributed by atoms with Crippen molar-refractivity contribution in [3.63, 3.8) is 0 Å². The number of hydrogen-bond acceptors (Lipinski definition) is 5. The van der Waals surface area contributed by atoms with Gasteiger partial charge in [0.05, 0.1) is 4.92 Å². The number of carbonyl (C=O) groups excluding carboxylic acids is 1. The second-order valence-electron chi connectivity index (χ2n) is 1.98.